The fraction of sp³-hybridized carbons (Fsp3) is 0.250. The van der Waals surface area contributed by atoms with Crippen molar-refractivity contribution < 1.29 is 4.79 Å². The Labute approximate surface area is 144 Å². The second-order valence-corrected chi connectivity index (χ2v) is 5.97. The summed E-state index contributed by atoms with van der Waals surface area (Å²) in [6, 6.07) is 9.05. The van der Waals surface area contributed by atoms with E-state index in [1.165, 1.54) is 0 Å². The Hall–Kier alpha value is -2.67. The number of carbonyl (C=O) groups excluding carboxylic acids is 1. The van der Waals surface area contributed by atoms with Crippen LogP contribution in [0.2, 0.25) is 5.02 Å². The quantitative estimate of drug-likeness (QED) is 0.743. The maximum Gasteiger partial charge on any atom is 0.269 e. The molecule has 7 nitrogen and oxygen atoms in total. The Balaban J connectivity index is 1.66. The molecule has 3 rings (SSSR count). The van der Waals surface area contributed by atoms with E-state index in [1.807, 2.05) is 36.7 Å². The summed E-state index contributed by atoms with van der Waals surface area (Å²) in [5.74, 6) is 0.638. The smallest absolute Gasteiger partial charge is 0.269 e. The van der Waals surface area contributed by atoms with Gasteiger partial charge in [-0.3, -0.25) is 9.89 Å². The average molecular weight is 345 g/mol. The Kier molecular flexibility index (Phi) is 4.61. The molecule has 0 aliphatic heterocycles. The molecule has 8 heteroatoms. The zero-order valence-corrected chi connectivity index (χ0v) is 14.1. The highest BCUT2D eigenvalue weighted by molar-refractivity contribution is 6.33. The van der Waals surface area contributed by atoms with Crippen LogP contribution < -0.4 is 5.32 Å². The first-order chi connectivity index (χ1) is 11.6. The lowest BCUT2D eigenvalue weighted by Gasteiger charge is -2.11. The van der Waals surface area contributed by atoms with E-state index >= 15 is 0 Å². The number of aromatic amines is 1. The Bertz CT molecular complexity index is 856. The fourth-order valence-corrected chi connectivity index (χ4v) is 2.65. The van der Waals surface area contributed by atoms with Gasteiger partial charge in [0.1, 0.15) is 17.8 Å². The molecule has 124 valence electrons. The van der Waals surface area contributed by atoms with Gasteiger partial charge >= 0.3 is 0 Å². The van der Waals surface area contributed by atoms with Crippen molar-refractivity contribution in [3.63, 3.8) is 0 Å². The molecular formula is C16H17ClN6O. The molecular weight excluding hydrogens is 328 g/mol. The van der Waals surface area contributed by atoms with Gasteiger partial charge < -0.3 is 9.88 Å². The van der Waals surface area contributed by atoms with Gasteiger partial charge in [-0.25, -0.2) is 0 Å². The topological polar surface area (TPSA) is 88.5 Å². The van der Waals surface area contributed by atoms with Crippen LogP contribution in [-0.4, -0.2) is 37.4 Å². The van der Waals surface area contributed by atoms with Crippen LogP contribution >= 0.6 is 11.6 Å². The van der Waals surface area contributed by atoms with Gasteiger partial charge in [0.2, 0.25) is 0 Å². The van der Waals surface area contributed by atoms with E-state index in [0.717, 1.165) is 11.4 Å². The first-order valence-corrected chi connectivity index (χ1v) is 7.86. The minimum Gasteiger partial charge on any atom is -0.350 e. The summed E-state index contributed by atoms with van der Waals surface area (Å²) in [6.45, 7) is 2.43. The van der Waals surface area contributed by atoms with E-state index in [2.05, 4.69) is 25.7 Å². The molecule has 1 aromatic carbocycles. The largest absolute Gasteiger partial charge is 0.350 e. The number of aromatic nitrogens is 5. The molecule has 0 saturated carbocycles. The molecule has 0 aliphatic carbocycles. The number of benzene rings is 1. The lowest BCUT2D eigenvalue weighted by Crippen LogP contribution is -2.28. The lowest BCUT2D eigenvalue weighted by atomic mass is 10.1. The molecule has 0 radical (unpaired) electrons. The maximum atomic E-state index is 12.3. The molecule has 2 heterocycles. The van der Waals surface area contributed by atoms with Gasteiger partial charge in [0.15, 0.2) is 0 Å². The highest BCUT2D eigenvalue weighted by Gasteiger charge is 2.16. The zero-order valence-electron chi connectivity index (χ0n) is 13.3. The van der Waals surface area contributed by atoms with Gasteiger partial charge in [-0.1, -0.05) is 36.7 Å². The van der Waals surface area contributed by atoms with Gasteiger partial charge in [0, 0.05) is 25.1 Å². The van der Waals surface area contributed by atoms with Crippen molar-refractivity contribution in [3.8, 4) is 11.3 Å². The number of nitrogens with zero attached hydrogens (tertiary/aromatic N) is 4. The predicted molar refractivity (Wildman–Crippen MR) is 90.8 cm³/mol. The molecule has 1 amide bonds. The molecule has 0 saturated heterocycles. The Morgan fingerprint density at radius 3 is 2.92 bits per heavy atom. The second kappa shape index (κ2) is 6.84. The normalized spacial score (nSPS) is 12.1. The number of H-pyrrole nitrogens is 1. The van der Waals surface area contributed by atoms with E-state index in [4.69, 9.17) is 11.6 Å². The molecule has 3 aromatic rings. The molecule has 0 bridgehead atoms. The minimum absolute atomic E-state index is 0.0485. The molecule has 24 heavy (non-hydrogen) atoms. The van der Waals surface area contributed by atoms with E-state index < -0.39 is 0 Å². The third-order valence-electron chi connectivity index (χ3n) is 3.73. The van der Waals surface area contributed by atoms with Crippen LogP contribution in [0.25, 0.3) is 11.3 Å². The van der Waals surface area contributed by atoms with Crippen LogP contribution in [0.5, 0.6) is 0 Å². The van der Waals surface area contributed by atoms with Gasteiger partial charge in [-0.15, -0.1) is 10.2 Å². The van der Waals surface area contributed by atoms with Crippen molar-refractivity contribution in [3.05, 3.63) is 53.2 Å². The number of hydrogen-bond acceptors (Lipinski definition) is 4. The Morgan fingerprint density at radius 2 is 2.21 bits per heavy atom. The number of rotatable bonds is 5. The Morgan fingerprint density at radius 1 is 1.42 bits per heavy atom. The van der Waals surface area contributed by atoms with Crippen molar-refractivity contribution >= 4 is 17.5 Å². The number of aryl methyl sites for hydroxylation is 1. The number of amides is 1. The van der Waals surface area contributed by atoms with Crippen molar-refractivity contribution in [2.45, 2.75) is 12.8 Å². The SMILES string of the molecule is CC(CNC(=O)c1cc(-c2ccccc2Cl)n[nH]1)c1nncn1C. The summed E-state index contributed by atoms with van der Waals surface area (Å²) in [5, 5.41) is 18.3. The van der Waals surface area contributed by atoms with E-state index in [1.54, 1.807) is 18.5 Å². The molecule has 0 aliphatic rings. The van der Waals surface area contributed by atoms with E-state index in [9.17, 15) is 4.79 Å². The van der Waals surface area contributed by atoms with Crippen LogP contribution in [0.4, 0.5) is 0 Å². The third kappa shape index (κ3) is 3.30. The average Bonchev–Trinajstić information content (AvgIpc) is 3.22. The standard InChI is InChI=1S/C16H17ClN6O/c1-10(15-22-19-9-23(15)2)8-18-16(24)14-7-13(20-21-14)11-5-3-4-6-12(11)17/h3-7,9-10H,8H2,1-2H3,(H,18,24)(H,20,21). The summed E-state index contributed by atoms with van der Waals surface area (Å²) in [6.07, 6.45) is 1.64. The number of carbonyl (C=O) groups is 1. The molecule has 2 aromatic heterocycles. The number of halogens is 1. The first-order valence-electron chi connectivity index (χ1n) is 7.48. The van der Waals surface area contributed by atoms with Crippen LogP contribution in [0, 0.1) is 0 Å². The predicted octanol–water partition coefficient (Wildman–Crippen LogP) is 2.39. The van der Waals surface area contributed by atoms with Gasteiger partial charge in [0.25, 0.3) is 5.91 Å². The summed E-state index contributed by atoms with van der Waals surface area (Å²) < 4.78 is 1.84. The first kappa shape index (κ1) is 16.2. The minimum atomic E-state index is -0.227. The summed E-state index contributed by atoms with van der Waals surface area (Å²) in [4.78, 5) is 12.3. The van der Waals surface area contributed by atoms with E-state index in [-0.39, 0.29) is 11.8 Å². The summed E-state index contributed by atoms with van der Waals surface area (Å²) >= 11 is 6.15. The fourth-order valence-electron chi connectivity index (χ4n) is 2.42. The van der Waals surface area contributed by atoms with Crippen LogP contribution in [0.1, 0.15) is 29.2 Å². The highest BCUT2D eigenvalue weighted by atomic mass is 35.5. The van der Waals surface area contributed by atoms with Gasteiger partial charge in [-0.2, -0.15) is 5.10 Å². The second-order valence-electron chi connectivity index (χ2n) is 5.56. The lowest BCUT2D eigenvalue weighted by molar-refractivity contribution is 0.0946. The van der Waals surface area contributed by atoms with Crippen molar-refractivity contribution in [1.29, 1.82) is 0 Å². The highest BCUT2D eigenvalue weighted by Crippen LogP contribution is 2.26. The van der Waals surface area contributed by atoms with Crippen LogP contribution in [-0.2, 0) is 7.05 Å². The van der Waals surface area contributed by atoms with Crippen molar-refractivity contribution in [2.24, 2.45) is 7.05 Å². The van der Waals surface area contributed by atoms with Crippen molar-refractivity contribution in [2.75, 3.05) is 6.54 Å². The maximum absolute atomic E-state index is 12.3. The zero-order chi connectivity index (χ0) is 17.1. The van der Waals surface area contributed by atoms with Crippen LogP contribution in [0.15, 0.2) is 36.7 Å². The summed E-state index contributed by atoms with van der Waals surface area (Å²) in [7, 11) is 1.87. The molecule has 0 fully saturated rings. The molecule has 1 atom stereocenters. The van der Waals surface area contributed by atoms with E-state index in [0.29, 0.717) is 23.0 Å². The molecule has 1 unspecified atom stereocenters. The monoisotopic (exact) mass is 344 g/mol. The number of hydrogen-bond donors (Lipinski definition) is 2. The third-order valence-corrected chi connectivity index (χ3v) is 4.06. The van der Waals surface area contributed by atoms with Gasteiger partial charge in [-0.05, 0) is 12.1 Å². The number of nitrogens with one attached hydrogen (secondary N) is 2. The molecule has 2 N–H and O–H groups in total. The summed E-state index contributed by atoms with van der Waals surface area (Å²) in [5.41, 5.74) is 1.80. The van der Waals surface area contributed by atoms with Crippen LogP contribution in [0.3, 0.4) is 0 Å². The van der Waals surface area contributed by atoms with Crippen molar-refractivity contribution in [1.82, 2.24) is 30.3 Å². The molecule has 0 spiro atoms. The van der Waals surface area contributed by atoms with Gasteiger partial charge in [0.05, 0.1) is 10.7 Å².